The third-order valence-corrected chi connectivity index (χ3v) is 10.8. The highest BCUT2D eigenvalue weighted by molar-refractivity contribution is 6.02. The molecule has 0 aromatic heterocycles. The van der Waals surface area contributed by atoms with Crippen LogP contribution in [0.4, 0.5) is 65.9 Å². The fourth-order valence-electron chi connectivity index (χ4n) is 7.30. The first-order valence-electron chi connectivity index (χ1n) is 17.3. The SMILES string of the molecule is CCCCCCCC1CCC(CCC2CCC(c3ccc(C(=O)C(F)(F)C(F)(F)C(F)(F)C(F)(F)C(F)(F)C(F)(F)C(F)(F)F)cc3)CC2)CC1. The molecule has 0 heterocycles. The Kier molecular flexibility index (Phi) is 13.6. The summed E-state index contributed by atoms with van der Waals surface area (Å²) >= 11 is 0. The van der Waals surface area contributed by atoms with E-state index in [-0.39, 0.29) is 5.92 Å². The van der Waals surface area contributed by atoms with Crippen LogP contribution < -0.4 is 0 Å². The predicted molar refractivity (Wildman–Crippen MR) is 159 cm³/mol. The Hall–Kier alpha value is -2.16. The minimum atomic E-state index is -8.43. The number of benzene rings is 1. The van der Waals surface area contributed by atoms with E-state index in [1.54, 1.807) is 0 Å². The lowest BCUT2D eigenvalue weighted by atomic mass is 9.74. The maximum atomic E-state index is 14.5. The van der Waals surface area contributed by atoms with Crippen molar-refractivity contribution in [1.29, 1.82) is 0 Å². The first kappa shape index (κ1) is 43.2. The molecule has 0 N–H and O–H groups in total. The molecule has 2 fully saturated rings. The zero-order valence-corrected chi connectivity index (χ0v) is 28.0. The Morgan fingerprint density at radius 2 is 0.902 bits per heavy atom. The molecule has 0 atom stereocenters. The molecule has 0 amide bonds. The summed E-state index contributed by atoms with van der Waals surface area (Å²) in [5.74, 6) is -49.5. The van der Waals surface area contributed by atoms with Gasteiger partial charge in [-0.2, -0.15) is 65.9 Å². The monoisotopic (exact) mass is 764 g/mol. The Morgan fingerprint density at radius 3 is 1.35 bits per heavy atom. The average molecular weight is 765 g/mol. The molecule has 51 heavy (non-hydrogen) atoms. The lowest BCUT2D eigenvalue weighted by molar-refractivity contribution is -0.449. The van der Waals surface area contributed by atoms with Crippen molar-refractivity contribution in [3.63, 3.8) is 0 Å². The van der Waals surface area contributed by atoms with Crippen LogP contribution in [0.5, 0.6) is 0 Å². The Balaban J connectivity index is 1.57. The molecule has 0 aliphatic heterocycles. The van der Waals surface area contributed by atoms with Crippen LogP contribution in [0.15, 0.2) is 24.3 Å². The molecule has 1 nitrogen and oxygen atoms in total. The Bertz CT molecular complexity index is 1260. The van der Waals surface area contributed by atoms with Crippen LogP contribution in [-0.2, 0) is 0 Å². The van der Waals surface area contributed by atoms with Gasteiger partial charge in [-0.1, -0.05) is 108 Å². The molecule has 0 spiro atoms. The van der Waals surface area contributed by atoms with Crippen LogP contribution in [0.2, 0.25) is 0 Å². The number of halogens is 15. The van der Waals surface area contributed by atoms with Gasteiger partial charge in [-0.3, -0.25) is 4.79 Å². The number of rotatable bonds is 17. The zero-order chi connectivity index (χ0) is 38.7. The minimum absolute atomic E-state index is 0.152. The van der Waals surface area contributed by atoms with Gasteiger partial charge in [0.15, 0.2) is 0 Å². The zero-order valence-electron chi connectivity index (χ0n) is 28.0. The molecular weight excluding hydrogens is 721 g/mol. The van der Waals surface area contributed by atoms with E-state index in [9.17, 15) is 70.7 Å². The van der Waals surface area contributed by atoms with Crippen LogP contribution in [0.1, 0.15) is 131 Å². The minimum Gasteiger partial charge on any atom is -0.287 e. The maximum Gasteiger partial charge on any atom is 0.460 e. The van der Waals surface area contributed by atoms with E-state index in [2.05, 4.69) is 6.92 Å². The lowest BCUT2D eigenvalue weighted by Gasteiger charge is -2.41. The Morgan fingerprint density at radius 1 is 0.510 bits per heavy atom. The number of carbonyl (C=O) groups is 1. The number of alkyl halides is 15. The van der Waals surface area contributed by atoms with E-state index in [0.717, 1.165) is 43.7 Å². The van der Waals surface area contributed by atoms with Crippen LogP contribution in [-0.4, -0.2) is 47.5 Å². The average Bonchev–Trinajstić information content (AvgIpc) is 3.06. The number of ketones is 1. The molecule has 2 aliphatic carbocycles. The van der Waals surface area contributed by atoms with Crippen molar-refractivity contribution in [2.75, 3.05) is 0 Å². The smallest absolute Gasteiger partial charge is 0.287 e. The number of unbranched alkanes of at least 4 members (excludes halogenated alkanes) is 4. The van der Waals surface area contributed by atoms with Gasteiger partial charge in [0.25, 0.3) is 0 Å². The molecule has 1 aromatic rings. The van der Waals surface area contributed by atoms with E-state index in [4.69, 9.17) is 0 Å². The van der Waals surface area contributed by atoms with Crippen molar-refractivity contribution in [1.82, 2.24) is 0 Å². The van der Waals surface area contributed by atoms with Gasteiger partial charge in [0.05, 0.1) is 0 Å². The molecule has 0 bridgehead atoms. The topological polar surface area (TPSA) is 17.1 Å². The molecule has 0 radical (unpaired) electrons. The predicted octanol–water partition coefficient (Wildman–Crippen LogP) is 13.5. The van der Waals surface area contributed by atoms with Gasteiger partial charge in [-0.05, 0) is 54.9 Å². The summed E-state index contributed by atoms with van der Waals surface area (Å²) in [5.41, 5.74) is -0.992. The van der Waals surface area contributed by atoms with E-state index >= 15 is 0 Å². The quantitative estimate of drug-likeness (QED) is 0.0877. The second-order valence-corrected chi connectivity index (χ2v) is 14.3. The Labute approximate surface area is 287 Å². The van der Waals surface area contributed by atoms with Crippen molar-refractivity contribution in [3.05, 3.63) is 35.4 Å². The van der Waals surface area contributed by atoms with Gasteiger partial charge in [-0.25, -0.2) is 0 Å². The van der Waals surface area contributed by atoms with Crippen molar-refractivity contribution < 1.29 is 70.7 Å². The summed E-state index contributed by atoms with van der Waals surface area (Å²) < 4.78 is 203. The van der Waals surface area contributed by atoms with E-state index < -0.39 is 53.1 Å². The van der Waals surface area contributed by atoms with Gasteiger partial charge in [0, 0.05) is 5.56 Å². The molecule has 3 rings (SSSR count). The van der Waals surface area contributed by atoms with Crippen LogP contribution in [0.25, 0.3) is 0 Å². The van der Waals surface area contributed by atoms with Gasteiger partial charge < -0.3 is 0 Å². The van der Waals surface area contributed by atoms with Crippen LogP contribution in [0.3, 0.4) is 0 Å². The molecular formula is C35H43F15O. The third kappa shape index (κ3) is 8.64. The molecule has 1 aromatic carbocycles. The fourth-order valence-corrected chi connectivity index (χ4v) is 7.30. The normalized spacial score (nSPS) is 23.4. The summed E-state index contributed by atoms with van der Waals surface area (Å²) in [6.07, 6.45) is 9.99. The van der Waals surface area contributed by atoms with Crippen LogP contribution in [0, 0.1) is 17.8 Å². The van der Waals surface area contributed by atoms with E-state index in [1.165, 1.54) is 64.2 Å². The number of hydrogen-bond donors (Lipinski definition) is 0. The summed E-state index contributed by atoms with van der Waals surface area (Å²) in [5, 5.41) is 0. The highest BCUT2D eigenvalue weighted by Crippen LogP contribution is 2.62. The largest absolute Gasteiger partial charge is 0.460 e. The lowest BCUT2D eigenvalue weighted by Crippen LogP contribution is -2.73. The second-order valence-electron chi connectivity index (χ2n) is 14.3. The van der Waals surface area contributed by atoms with Crippen molar-refractivity contribution >= 4 is 5.78 Å². The van der Waals surface area contributed by atoms with Gasteiger partial charge in [-0.15, -0.1) is 0 Å². The van der Waals surface area contributed by atoms with E-state index in [1.807, 2.05) is 0 Å². The number of Topliss-reactive ketones (excluding diaryl/α,β-unsaturated/α-hetero) is 1. The van der Waals surface area contributed by atoms with Crippen molar-refractivity contribution in [3.8, 4) is 0 Å². The van der Waals surface area contributed by atoms with Gasteiger partial charge >= 0.3 is 41.7 Å². The third-order valence-electron chi connectivity index (χ3n) is 10.8. The maximum absolute atomic E-state index is 14.5. The van der Waals surface area contributed by atoms with Gasteiger partial charge in [0.1, 0.15) is 0 Å². The highest BCUT2D eigenvalue weighted by atomic mass is 19.4. The highest BCUT2D eigenvalue weighted by Gasteiger charge is 2.94. The first-order valence-corrected chi connectivity index (χ1v) is 17.3. The van der Waals surface area contributed by atoms with Gasteiger partial charge in [0.2, 0.25) is 5.78 Å². The molecule has 2 aliphatic rings. The summed E-state index contributed by atoms with van der Waals surface area (Å²) in [7, 11) is 0. The second kappa shape index (κ2) is 16.1. The van der Waals surface area contributed by atoms with Crippen LogP contribution >= 0.6 is 0 Å². The standard InChI is InChI=1S/C35H43F15O/c1-2-3-4-5-6-7-22-8-10-23(11-9-22)12-13-24-14-16-25(17-15-24)26-18-20-27(21-19-26)28(51)29(36,37)30(38,39)31(40,41)32(42,43)33(44,45)34(46,47)35(48,49)50/h18-25H,2-17H2,1H3. The van der Waals surface area contributed by atoms with Crippen molar-refractivity contribution in [2.24, 2.45) is 17.8 Å². The summed E-state index contributed by atoms with van der Waals surface area (Å²) in [6.45, 7) is 2.19. The van der Waals surface area contributed by atoms with Crippen molar-refractivity contribution in [2.45, 2.75) is 157 Å². The summed E-state index contributed by atoms with van der Waals surface area (Å²) in [4.78, 5) is 12.2. The molecule has 0 saturated heterocycles. The molecule has 16 heteroatoms. The summed E-state index contributed by atoms with van der Waals surface area (Å²) in [6, 6.07) is 3.08. The van der Waals surface area contributed by atoms with E-state index in [0.29, 0.717) is 42.4 Å². The molecule has 0 unspecified atom stereocenters. The fraction of sp³-hybridized carbons (Fsp3) is 0.800. The molecule has 2 saturated carbocycles. The number of carbonyl (C=O) groups excluding carboxylic acids is 1. The number of hydrogen-bond acceptors (Lipinski definition) is 1. The first-order chi connectivity index (χ1) is 23.4. The molecule has 294 valence electrons.